The predicted molar refractivity (Wildman–Crippen MR) is 141 cm³/mol. The third kappa shape index (κ3) is 6.25. The number of benzene rings is 2. The molecule has 9 heteroatoms. The van der Waals surface area contributed by atoms with Gasteiger partial charge < -0.3 is 4.90 Å². The van der Waals surface area contributed by atoms with Gasteiger partial charge in [0.1, 0.15) is 0 Å². The third-order valence-electron chi connectivity index (χ3n) is 6.53. The Hall–Kier alpha value is -3.79. The van der Waals surface area contributed by atoms with Crippen molar-refractivity contribution in [1.82, 2.24) is 9.88 Å². The Morgan fingerprint density at radius 1 is 1.06 bits per heavy atom. The van der Waals surface area contributed by atoms with Gasteiger partial charge in [-0.25, -0.2) is 4.98 Å². The van der Waals surface area contributed by atoms with Crippen LogP contribution in [0.5, 0.6) is 0 Å². The van der Waals surface area contributed by atoms with Crippen LogP contribution in [0.2, 0.25) is 0 Å². The van der Waals surface area contributed by atoms with Crippen LogP contribution in [0.4, 0.5) is 11.4 Å². The van der Waals surface area contributed by atoms with E-state index in [0.717, 1.165) is 43.2 Å². The van der Waals surface area contributed by atoms with Crippen molar-refractivity contribution in [2.75, 3.05) is 31.1 Å². The number of hydrogen-bond donors (Lipinski definition) is 0. The van der Waals surface area contributed by atoms with Gasteiger partial charge in [-0.1, -0.05) is 24.3 Å². The molecule has 1 aliphatic heterocycles. The summed E-state index contributed by atoms with van der Waals surface area (Å²) >= 11 is 1.59. The second kappa shape index (κ2) is 12.3. The first-order chi connectivity index (χ1) is 17.6. The number of para-hydroxylation sites is 1. The summed E-state index contributed by atoms with van der Waals surface area (Å²) < 4.78 is 0. The first-order valence-electron chi connectivity index (χ1n) is 12.1. The number of rotatable bonds is 10. The Labute approximate surface area is 215 Å². The van der Waals surface area contributed by atoms with Crippen molar-refractivity contribution in [3.05, 3.63) is 74.6 Å². The molecular formula is C27H28N6O2S. The maximum atomic E-state index is 11.4. The Bertz CT molecular complexity index is 1230. The average molecular weight is 501 g/mol. The highest BCUT2D eigenvalue weighted by Gasteiger charge is 2.24. The number of hydrogen-bond acceptors (Lipinski definition) is 8. The van der Waals surface area contributed by atoms with Gasteiger partial charge in [0, 0.05) is 42.7 Å². The molecule has 0 radical (unpaired) electrons. The topological polar surface area (TPSA) is 110 Å². The number of nitro benzene ring substituents is 1. The van der Waals surface area contributed by atoms with Crippen molar-refractivity contribution < 1.29 is 4.92 Å². The van der Waals surface area contributed by atoms with Gasteiger partial charge in [0.05, 0.1) is 46.2 Å². The molecule has 8 nitrogen and oxygen atoms in total. The summed E-state index contributed by atoms with van der Waals surface area (Å²) in [6, 6.07) is 19.6. The quantitative estimate of drug-likeness (QED) is 0.258. The van der Waals surface area contributed by atoms with E-state index in [1.54, 1.807) is 23.5 Å². The van der Waals surface area contributed by atoms with Crippen LogP contribution in [0, 0.1) is 32.8 Å². The van der Waals surface area contributed by atoms with Crippen molar-refractivity contribution in [3.63, 3.8) is 0 Å². The molecule has 0 bridgehead atoms. The lowest BCUT2D eigenvalue weighted by Gasteiger charge is -2.31. The van der Waals surface area contributed by atoms with Crippen LogP contribution in [-0.4, -0.2) is 41.0 Å². The van der Waals surface area contributed by atoms with Crippen LogP contribution in [0.1, 0.15) is 42.2 Å². The molecule has 1 fully saturated rings. The smallest absolute Gasteiger partial charge is 0.278 e. The van der Waals surface area contributed by atoms with Crippen molar-refractivity contribution in [2.45, 2.75) is 38.1 Å². The first-order valence-corrected chi connectivity index (χ1v) is 13.0. The Balaban J connectivity index is 1.33. The highest BCUT2D eigenvalue weighted by Crippen LogP contribution is 2.36. The molecule has 0 atom stereocenters. The summed E-state index contributed by atoms with van der Waals surface area (Å²) in [5.74, 6) is 0.374. The minimum absolute atomic E-state index is 0.0911. The molecular weight excluding hydrogens is 472 g/mol. The van der Waals surface area contributed by atoms with Gasteiger partial charge in [0.25, 0.3) is 5.69 Å². The van der Waals surface area contributed by atoms with Gasteiger partial charge in [-0.3, -0.25) is 15.0 Å². The predicted octanol–water partition coefficient (Wildman–Crippen LogP) is 5.73. The average Bonchev–Trinajstić information content (AvgIpc) is 3.40. The van der Waals surface area contributed by atoms with Crippen molar-refractivity contribution >= 4 is 22.7 Å². The third-order valence-corrected chi connectivity index (χ3v) is 7.54. The highest BCUT2D eigenvalue weighted by atomic mass is 32.1. The fraction of sp³-hybridized carbons (Fsp3) is 0.370. The lowest BCUT2D eigenvalue weighted by molar-refractivity contribution is -0.384. The SMILES string of the molecule is N#CCCN(CCC#N)c1ccc(CN2CCC(c3nc(-c4ccccc4[N+](=O)[O-])cs3)CC2)cc1. The maximum Gasteiger partial charge on any atom is 0.278 e. The van der Waals surface area contributed by atoms with E-state index in [0.29, 0.717) is 43.1 Å². The molecule has 0 unspecified atom stereocenters. The summed E-state index contributed by atoms with van der Waals surface area (Å²) in [5.41, 5.74) is 3.63. The van der Waals surface area contributed by atoms with Crippen LogP contribution in [0.25, 0.3) is 11.3 Å². The molecule has 0 saturated carbocycles. The molecule has 2 aromatic carbocycles. The molecule has 2 heterocycles. The van der Waals surface area contributed by atoms with E-state index in [2.05, 4.69) is 46.2 Å². The van der Waals surface area contributed by atoms with E-state index >= 15 is 0 Å². The fourth-order valence-corrected chi connectivity index (χ4v) is 5.59. The van der Waals surface area contributed by atoms with Crippen LogP contribution in [-0.2, 0) is 6.54 Å². The van der Waals surface area contributed by atoms with E-state index in [1.807, 2.05) is 11.4 Å². The van der Waals surface area contributed by atoms with Gasteiger partial charge in [0.15, 0.2) is 0 Å². The number of nitriles is 2. The summed E-state index contributed by atoms with van der Waals surface area (Å²) in [6.07, 6.45) is 2.89. The maximum absolute atomic E-state index is 11.4. The van der Waals surface area contributed by atoms with Crippen LogP contribution >= 0.6 is 11.3 Å². The molecule has 0 N–H and O–H groups in total. The van der Waals surface area contributed by atoms with Crippen LogP contribution < -0.4 is 4.90 Å². The minimum Gasteiger partial charge on any atom is -0.369 e. The molecule has 1 aliphatic rings. The second-order valence-corrected chi connectivity index (χ2v) is 9.76. The molecule has 1 aromatic heterocycles. The van der Waals surface area contributed by atoms with Gasteiger partial charge in [0.2, 0.25) is 0 Å². The standard InChI is InChI=1S/C27H28N6O2S/c28-13-3-15-32(16-4-14-29)23-9-7-21(8-10-23)19-31-17-11-22(12-18-31)27-30-25(20-36-27)24-5-1-2-6-26(24)33(34)35/h1-2,5-10,20,22H,3-4,11-12,15-19H2. The lowest BCUT2D eigenvalue weighted by atomic mass is 9.97. The molecule has 0 amide bonds. The Kier molecular flexibility index (Phi) is 8.62. The lowest BCUT2D eigenvalue weighted by Crippen LogP contribution is -2.32. The first kappa shape index (κ1) is 25.3. The monoisotopic (exact) mass is 500 g/mol. The van der Waals surface area contributed by atoms with E-state index in [4.69, 9.17) is 15.5 Å². The van der Waals surface area contributed by atoms with E-state index in [1.165, 1.54) is 11.6 Å². The number of nitrogens with zero attached hydrogens (tertiary/aromatic N) is 6. The van der Waals surface area contributed by atoms with Gasteiger partial charge in [-0.05, 0) is 49.7 Å². The zero-order chi connectivity index (χ0) is 25.3. The van der Waals surface area contributed by atoms with Gasteiger partial charge in [-0.2, -0.15) is 10.5 Å². The van der Waals surface area contributed by atoms with Gasteiger partial charge in [-0.15, -0.1) is 11.3 Å². The zero-order valence-corrected chi connectivity index (χ0v) is 20.9. The Morgan fingerprint density at radius 3 is 2.36 bits per heavy atom. The number of piperidine rings is 1. The van der Waals surface area contributed by atoms with E-state index < -0.39 is 0 Å². The molecule has 3 aromatic rings. The number of thiazole rings is 1. The largest absolute Gasteiger partial charge is 0.369 e. The van der Waals surface area contributed by atoms with Crippen molar-refractivity contribution in [2.24, 2.45) is 0 Å². The summed E-state index contributed by atoms with van der Waals surface area (Å²) in [5, 5.41) is 32.2. The fourth-order valence-electron chi connectivity index (χ4n) is 4.60. The van der Waals surface area contributed by atoms with Crippen molar-refractivity contribution in [3.8, 4) is 23.4 Å². The second-order valence-electron chi connectivity index (χ2n) is 8.87. The number of aromatic nitrogens is 1. The summed E-state index contributed by atoms with van der Waals surface area (Å²) in [6.45, 7) is 4.08. The van der Waals surface area contributed by atoms with Crippen LogP contribution in [0.3, 0.4) is 0 Å². The summed E-state index contributed by atoms with van der Waals surface area (Å²) in [7, 11) is 0. The van der Waals surface area contributed by atoms with Crippen molar-refractivity contribution in [1.29, 1.82) is 10.5 Å². The number of nitro groups is 1. The zero-order valence-electron chi connectivity index (χ0n) is 20.0. The molecule has 4 rings (SSSR count). The highest BCUT2D eigenvalue weighted by molar-refractivity contribution is 7.10. The Morgan fingerprint density at radius 2 is 1.72 bits per heavy atom. The molecule has 36 heavy (non-hydrogen) atoms. The van der Waals surface area contributed by atoms with E-state index in [-0.39, 0.29) is 10.6 Å². The number of anilines is 1. The van der Waals surface area contributed by atoms with Crippen LogP contribution in [0.15, 0.2) is 53.9 Å². The van der Waals surface area contributed by atoms with Gasteiger partial charge >= 0.3 is 0 Å². The number of likely N-dealkylation sites (tertiary alicyclic amines) is 1. The normalized spacial score (nSPS) is 14.2. The minimum atomic E-state index is -0.352. The summed E-state index contributed by atoms with van der Waals surface area (Å²) in [4.78, 5) is 20.3. The molecule has 1 saturated heterocycles. The van der Waals surface area contributed by atoms with E-state index in [9.17, 15) is 10.1 Å². The molecule has 0 spiro atoms. The molecule has 184 valence electrons. The molecule has 0 aliphatic carbocycles.